The first-order valence-corrected chi connectivity index (χ1v) is 4.75. The van der Waals surface area contributed by atoms with Crippen molar-refractivity contribution in [2.24, 2.45) is 5.11 Å². The first-order valence-electron chi connectivity index (χ1n) is 4.75. The van der Waals surface area contributed by atoms with Crippen LogP contribution < -0.4 is 0 Å². The van der Waals surface area contributed by atoms with Gasteiger partial charge in [-0.15, -0.1) is 0 Å². The van der Waals surface area contributed by atoms with Crippen molar-refractivity contribution in [3.8, 4) is 0 Å². The summed E-state index contributed by atoms with van der Waals surface area (Å²) in [4.78, 5) is 13.6. The summed E-state index contributed by atoms with van der Waals surface area (Å²) >= 11 is 0. The Labute approximate surface area is 85.9 Å². The number of ether oxygens (including phenoxy) is 3. The van der Waals surface area contributed by atoms with Crippen molar-refractivity contribution in [2.45, 2.75) is 24.7 Å². The molecule has 0 aromatic heterocycles. The molecule has 7 heteroatoms. The van der Waals surface area contributed by atoms with Crippen LogP contribution in [0.25, 0.3) is 10.4 Å². The van der Waals surface area contributed by atoms with Crippen molar-refractivity contribution in [1.82, 2.24) is 0 Å². The second-order valence-electron chi connectivity index (χ2n) is 3.41. The fraction of sp³-hybridized carbons (Fsp3) is 0.875. The van der Waals surface area contributed by atoms with Crippen LogP contribution in [0.1, 0.15) is 6.42 Å². The van der Waals surface area contributed by atoms with Gasteiger partial charge in [0.05, 0.1) is 12.7 Å². The van der Waals surface area contributed by atoms with Gasteiger partial charge in [-0.05, 0) is 12.0 Å². The lowest BCUT2D eigenvalue weighted by atomic mass is 10.1. The summed E-state index contributed by atoms with van der Waals surface area (Å²) in [6, 6.07) is 0. The fourth-order valence-corrected chi connectivity index (χ4v) is 1.83. The number of hydrogen-bond donors (Lipinski definition) is 0. The topological polar surface area (TPSA) is 93.5 Å². The van der Waals surface area contributed by atoms with E-state index in [1.54, 1.807) is 0 Å². The average molecular weight is 213 g/mol. The summed E-state index contributed by atoms with van der Waals surface area (Å²) in [6.45, 7) is 0.710. The third-order valence-corrected chi connectivity index (χ3v) is 2.47. The van der Waals surface area contributed by atoms with E-state index in [0.717, 1.165) is 6.42 Å². The van der Waals surface area contributed by atoms with Crippen LogP contribution in [-0.2, 0) is 19.0 Å². The molecular weight excluding hydrogens is 202 g/mol. The fourth-order valence-electron chi connectivity index (χ4n) is 1.83. The van der Waals surface area contributed by atoms with Gasteiger partial charge in [0, 0.05) is 11.5 Å². The van der Waals surface area contributed by atoms with E-state index in [9.17, 15) is 4.79 Å². The molecule has 0 aromatic carbocycles. The third kappa shape index (κ3) is 2.20. The van der Waals surface area contributed by atoms with Crippen molar-refractivity contribution < 1.29 is 19.0 Å². The highest BCUT2D eigenvalue weighted by atomic mass is 16.6. The average Bonchev–Trinajstić information content (AvgIpc) is 2.80. The summed E-state index contributed by atoms with van der Waals surface area (Å²) in [5.41, 5.74) is 8.03. The minimum Gasteiger partial charge on any atom is -0.457 e. The molecule has 0 saturated carbocycles. The molecule has 0 amide bonds. The standard InChI is InChI=1S/C8H11N3O4/c9-11-10-3-7(12)15-6-4-14-5-1-2-13-8(5)6/h5-6,8H,1-4H2. The molecule has 2 saturated heterocycles. The predicted molar refractivity (Wildman–Crippen MR) is 48.0 cm³/mol. The van der Waals surface area contributed by atoms with E-state index in [2.05, 4.69) is 10.0 Å². The molecule has 0 radical (unpaired) electrons. The van der Waals surface area contributed by atoms with Crippen LogP contribution in [0.15, 0.2) is 5.11 Å². The predicted octanol–water partition coefficient (Wildman–Crippen LogP) is 0.396. The van der Waals surface area contributed by atoms with Crippen LogP contribution in [0.2, 0.25) is 0 Å². The molecule has 2 aliphatic heterocycles. The second kappa shape index (κ2) is 4.48. The number of rotatable bonds is 3. The maximum atomic E-state index is 11.1. The Morgan fingerprint density at radius 3 is 3.27 bits per heavy atom. The summed E-state index contributed by atoms with van der Waals surface area (Å²) in [5.74, 6) is -0.544. The minimum atomic E-state index is -0.544. The third-order valence-electron chi connectivity index (χ3n) is 2.47. The van der Waals surface area contributed by atoms with Crippen LogP contribution in [0.3, 0.4) is 0 Å². The van der Waals surface area contributed by atoms with Crippen LogP contribution in [0.4, 0.5) is 0 Å². The molecule has 15 heavy (non-hydrogen) atoms. The quantitative estimate of drug-likeness (QED) is 0.293. The molecule has 2 heterocycles. The van der Waals surface area contributed by atoms with E-state index in [-0.39, 0.29) is 24.9 Å². The normalized spacial score (nSPS) is 33.2. The van der Waals surface area contributed by atoms with Crippen molar-refractivity contribution >= 4 is 5.97 Å². The summed E-state index contributed by atoms with van der Waals surface area (Å²) in [6.07, 6.45) is 0.371. The van der Waals surface area contributed by atoms with E-state index >= 15 is 0 Å². The molecule has 0 N–H and O–H groups in total. The van der Waals surface area contributed by atoms with E-state index in [4.69, 9.17) is 19.7 Å². The highest BCUT2D eigenvalue weighted by molar-refractivity contribution is 5.72. The number of esters is 1. The zero-order chi connectivity index (χ0) is 10.7. The Morgan fingerprint density at radius 2 is 2.47 bits per heavy atom. The lowest BCUT2D eigenvalue weighted by Gasteiger charge is -2.15. The number of nitrogens with zero attached hydrogens (tertiary/aromatic N) is 3. The lowest BCUT2D eigenvalue weighted by molar-refractivity contribution is -0.151. The van der Waals surface area contributed by atoms with Crippen molar-refractivity contribution in [3.63, 3.8) is 0 Å². The smallest absolute Gasteiger partial charge is 0.312 e. The number of azide groups is 1. The van der Waals surface area contributed by atoms with Gasteiger partial charge in [0.15, 0.2) is 6.10 Å². The Hall–Kier alpha value is -1.30. The maximum Gasteiger partial charge on any atom is 0.312 e. The highest BCUT2D eigenvalue weighted by Crippen LogP contribution is 2.28. The van der Waals surface area contributed by atoms with Crippen LogP contribution >= 0.6 is 0 Å². The zero-order valence-corrected chi connectivity index (χ0v) is 8.04. The number of carbonyl (C=O) groups is 1. The molecule has 2 rings (SSSR count). The van der Waals surface area contributed by atoms with Crippen molar-refractivity contribution in [1.29, 1.82) is 0 Å². The Balaban J connectivity index is 1.84. The molecule has 0 bridgehead atoms. The molecular formula is C8H11N3O4. The van der Waals surface area contributed by atoms with Gasteiger partial charge >= 0.3 is 5.97 Å². The van der Waals surface area contributed by atoms with Gasteiger partial charge in [0.2, 0.25) is 0 Å². The molecule has 3 unspecified atom stereocenters. The van der Waals surface area contributed by atoms with Crippen molar-refractivity contribution in [3.05, 3.63) is 10.4 Å². The second-order valence-corrected chi connectivity index (χ2v) is 3.41. The largest absolute Gasteiger partial charge is 0.457 e. The number of hydrogen-bond acceptors (Lipinski definition) is 5. The molecule has 0 spiro atoms. The van der Waals surface area contributed by atoms with Crippen LogP contribution in [0, 0.1) is 0 Å². The van der Waals surface area contributed by atoms with Crippen molar-refractivity contribution in [2.75, 3.05) is 19.8 Å². The molecule has 0 aromatic rings. The summed E-state index contributed by atoms with van der Waals surface area (Å²) in [5, 5.41) is 3.12. The first-order chi connectivity index (χ1) is 7.31. The number of fused-ring (bicyclic) bond motifs is 1. The van der Waals surface area contributed by atoms with Gasteiger partial charge in [-0.25, -0.2) is 0 Å². The number of carbonyl (C=O) groups excluding carboxylic acids is 1. The van der Waals surface area contributed by atoms with Crippen LogP contribution in [-0.4, -0.2) is 44.0 Å². The molecule has 3 atom stereocenters. The van der Waals surface area contributed by atoms with Gasteiger partial charge in [-0.2, -0.15) is 0 Å². The Bertz CT molecular complexity index is 302. The van der Waals surface area contributed by atoms with Gasteiger partial charge in [0.25, 0.3) is 0 Å². The van der Waals surface area contributed by atoms with E-state index in [1.807, 2.05) is 0 Å². The van der Waals surface area contributed by atoms with E-state index in [0.29, 0.717) is 13.2 Å². The van der Waals surface area contributed by atoms with E-state index < -0.39 is 5.97 Å². The van der Waals surface area contributed by atoms with Gasteiger partial charge in [0.1, 0.15) is 12.6 Å². The summed E-state index contributed by atoms with van der Waals surface area (Å²) in [7, 11) is 0. The minimum absolute atomic E-state index is 0.0438. The van der Waals surface area contributed by atoms with Gasteiger partial charge in [-0.3, -0.25) is 4.79 Å². The molecule has 2 aliphatic rings. The van der Waals surface area contributed by atoms with Crippen LogP contribution in [0.5, 0.6) is 0 Å². The molecule has 0 aliphatic carbocycles. The van der Waals surface area contributed by atoms with Gasteiger partial charge in [-0.1, -0.05) is 5.11 Å². The zero-order valence-electron chi connectivity index (χ0n) is 8.04. The van der Waals surface area contributed by atoms with Gasteiger partial charge < -0.3 is 14.2 Å². The monoisotopic (exact) mass is 213 g/mol. The first kappa shape index (κ1) is 10.2. The highest BCUT2D eigenvalue weighted by Gasteiger charge is 2.43. The Morgan fingerprint density at radius 1 is 1.60 bits per heavy atom. The SMILES string of the molecule is [N-]=[N+]=NCC(=O)OC1COC2CCOC21. The molecule has 7 nitrogen and oxygen atoms in total. The lowest BCUT2D eigenvalue weighted by Crippen LogP contribution is -2.32. The van der Waals surface area contributed by atoms with E-state index in [1.165, 1.54) is 0 Å². The Kier molecular flexibility index (Phi) is 3.05. The maximum absolute atomic E-state index is 11.1. The molecule has 82 valence electrons. The molecule has 2 fully saturated rings. The summed E-state index contributed by atoms with van der Waals surface area (Å²) < 4.78 is 15.9.